The number of benzene rings is 1. The van der Waals surface area contributed by atoms with E-state index in [1.807, 2.05) is 30.3 Å². The first-order valence-corrected chi connectivity index (χ1v) is 6.92. The molecule has 1 aromatic heterocycles. The molecule has 7 heteroatoms. The summed E-state index contributed by atoms with van der Waals surface area (Å²) in [6.45, 7) is 0. The van der Waals surface area contributed by atoms with Crippen LogP contribution in [0.4, 0.5) is 0 Å². The van der Waals surface area contributed by atoms with Gasteiger partial charge in [0.2, 0.25) is 11.8 Å². The first kappa shape index (κ1) is 14.7. The maximum Gasteiger partial charge on any atom is 0.311 e. The molecule has 1 aromatic carbocycles. The Morgan fingerprint density at radius 2 is 2.22 bits per heavy atom. The second kappa shape index (κ2) is 5.85. The molecule has 0 saturated carbocycles. The molecule has 2 heterocycles. The lowest BCUT2D eigenvalue weighted by atomic mass is 9.83. The Balaban J connectivity index is 2.15. The zero-order chi connectivity index (χ0) is 16.4. The van der Waals surface area contributed by atoms with Gasteiger partial charge in [0.05, 0.1) is 30.7 Å². The lowest BCUT2D eigenvalue weighted by Crippen LogP contribution is -2.21. The van der Waals surface area contributed by atoms with E-state index in [9.17, 15) is 10.1 Å². The number of rotatable bonds is 3. The van der Waals surface area contributed by atoms with Crippen molar-refractivity contribution in [3.05, 3.63) is 58.6 Å². The number of nitrogens with one attached hydrogen (secondary N) is 1. The second-order valence-corrected chi connectivity index (χ2v) is 5.01. The Kier molecular flexibility index (Phi) is 3.73. The zero-order valence-electron chi connectivity index (χ0n) is 12.4. The van der Waals surface area contributed by atoms with Crippen LogP contribution in [0.25, 0.3) is 0 Å². The minimum Gasteiger partial charge on any atom is -0.469 e. The summed E-state index contributed by atoms with van der Waals surface area (Å²) in [4.78, 5) is 11.6. The van der Waals surface area contributed by atoms with Crippen LogP contribution in [0.1, 0.15) is 22.7 Å². The molecule has 0 radical (unpaired) electrons. The maximum absolute atomic E-state index is 11.6. The van der Waals surface area contributed by atoms with Crippen molar-refractivity contribution in [2.45, 2.75) is 12.3 Å². The Bertz CT molecular complexity index is 818. The van der Waals surface area contributed by atoms with Gasteiger partial charge in [-0.2, -0.15) is 5.26 Å². The number of fused-ring (bicyclic) bond motifs is 1. The molecule has 23 heavy (non-hydrogen) atoms. The number of allylic oxidation sites excluding steroid dienone is 1. The smallest absolute Gasteiger partial charge is 0.311 e. The quantitative estimate of drug-likeness (QED) is 0.827. The van der Waals surface area contributed by atoms with E-state index >= 15 is 0 Å². The monoisotopic (exact) mass is 310 g/mol. The average molecular weight is 310 g/mol. The molecule has 7 nitrogen and oxygen atoms in total. The molecule has 0 saturated heterocycles. The third-order valence-corrected chi connectivity index (χ3v) is 3.70. The van der Waals surface area contributed by atoms with Crippen LogP contribution in [0.15, 0.2) is 41.8 Å². The van der Waals surface area contributed by atoms with E-state index in [1.54, 1.807) is 0 Å². The molecule has 3 N–H and O–H groups in total. The lowest BCUT2D eigenvalue weighted by Gasteiger charge is -2.23. The van der Waals surface area contributed by atoms with Crippen molar-refractivity contribution in [3.8, 4) is 11.9 Å². The van der Waals surface area contributed by atoms with Crippen molar-refractivity contribution in [1.29, 1.82) is 5.26 Å². The van der Waals surface area contributed by atoms with E-state index in [4.69, 9.17) is 15.2 Å². The van der Waals surface area contributed by atoms with Crippen molar-refractivity contribution in [2.24, 2.45) is 5.73 Å². The standard InChI is InChI=1S/C16H14N4O3/c1-22-12(21)7-11-14-13(9-5-3-2-4-6-9)10(8-17)15(18)23-16(14)20-19-11/h2-6,13H,7,18H2,1H3,(H,19,20). The summed E-state index contributed by atoms with van der Waals surface area (Å²) in [6, 6.07) is 11.5. The van der Waals surface area contributed by atoms with Crippen LogP contribution in [0.3, 0.4) is 0 Å². The lowest BCUT2D eigenvalue weighted by molar-refractivity contribution is -0.139. The molecular weight excluding hydrogens is 296 g/mol. The van der Waals surface area contributed by atoms with Gasteiger partial charge in [0.25, 0.3) is 0 Å². The van der Waals surface area contributed by atoms with Gasteiger partial charge in [0.15, 0.2) is 0 Å². The number of hydrogen-bond donors (Lipinski definition) is 2. The number of esters is 1. The van der Waals surface area contributed by atoms with E-state index in [0.717, 1.165) is 5.56 Å². The van der Waals surface area contributed by atoms with Gasteiger partial charge in [-0.25, -0.2) is 0 Å². The van der Waals surface area contributed by atoms with Crippen LogP contribution in [-0.4, -0.2) is 23.3 Å². The molecule has 1 atom stereocenters. The fourth-order valence-electron chi connectivity index (χ4n) is 2.64. The van der Waals surface area contributed by atoms with Gasteiger partial charge in [-0.3, -0.25) is 9.89 Å². The summed E-state index contributed by atoms with van der Waals surface area (Å²) < 4.78 is 10.1. The van der Waals surface area contributed by atoms with Crippen molar-refractivity contribution in [3.63, 3.8) is 0 Å². The number of methoxy groups -OCH3 is 1. The minimum atomic E-state index is -0.441. The van der Waals surface area contributed by atoms with Crippen LogP contribution in [0, 0.1) is 11.3 Å². The van der Waals surface area contributed by atoms with E-state index in [1.165, 1.54) is 7.11 Å². The highest BCUT2D eigenvalue weighted by Crippen LogP contribution is 2.42. The number of H-pyrrole nitrogens is 1. The van der Waals surface area contributed by atoms with Gasteiger partial charge in [-0.05, 0) is 5.56 Å². The second-order valence-electron chi connectivity index (χ2n) is 5.01. The average Bonchev–Trinajstić information content (AvgIpc) is 2.96. The molecule has 1 aliphatic rings. The van der Waals surface area contributed by atoms with Crippen molar-refractivity contribution >= 4 is 5.97 Å². The summed E-state index contributed by atoms with van der Waals surface area (Å²) in [7, 11) is 1.31. The highest BCUT2D eigenvalue weighted by Gasteiger charge is 2.35. The molecule has 2 aromatic rings. The predicted octanol–water partition coefficient (Wildman–Crippen LogP) is 1.34. The molecule has 3 rings (SSSR count). The topological polar surface area (TPSA) is 114 Å². The Hall–Kier alpha value is -3.27. The Morgan fingerprint density at radius 3 is 2.87 bits per heavy atom. The molecule has 0 fully saturated rings. The van der Waals surface area contributed by atoms with Crippen LogP contribution in [-0.2, 0) is 16.0 Å². The number of nitrogens with zero attached hydrogens (tertiary/aromatic N) is 2. The number of nitriles is 1. The molecule has 116 valence electrons. The summed E-state index contributed by atoms with van der Waals surface area (Å²) in [6.07, 6.45) is 0.00411. The predicted molar refractivity (Wildman–Crippen MR) is 80.0 cm³/mol. The van der Waals surface area contributed by atoms with Crippen LogP contribution in [0.2, 0.25) is 0 Å². The van der Waals surface area contributed by atoms with Gasteiger partial charge >= 0.3 is 5.97 Å². The number of aromatic amines is 1. The van der Waals surface area contributed by atoms with Gasteiger partial charge < -0.3 is 15.2 Å². The molecule has 1 aliphatic heterocycles. The number of ether oxygens (including phenoxy) is 2. The molecule has 0 spiro atoms. The summed E-state index contributed by atoms with van der Waals surface area (Å²) in [5, 5.41) is 16.3. The van der Waals surface area contributed by atoms with Crippen molar-refractivity contribution < 1.29 is 14.3 Å². The van der Waals surface area contributed by atoms with Crippen LogP contribution >= 0.6 is 0 Å². The highest BCUT2D eigenvalue weighted by molar-refractivity contribution is 5.73. The maximum atomic E-state index is 11.6. The summed E-state index contributed by atoms with van der Waals surface area (Å²) in [5.74, 6) is -0.563. The first-order valence-electron chi connectivity index (χ1n) is 6.92. The third-order valence-electron chi connectivity index (χ3n) is 3.70. The fourth-order valence-corrected chi connectivity index (χ4v) is 2.64. The van der Waals surface area contributed by atoms with E-state index in [2.05, 4.69) is 16.3 Å². The molecular formula is C16H14N4O3. The first-order chi connectivity index (χ1) is 11.2. The number of carbonyl (C=O) groups excluding carboxylic acids is 1. The van der Waals surface area contributed by atoms with E-state index in [0.29, 0.717) is 11.3 Å². The third kappa shape index (κ3) is 2.51. The van der Waals surface area contributed by atoms with Gasteiger partial charge in [-0.1, -0.05) is 30.3 Å². The van der Waals surface area contributed by atoms with E-state index < -0.39 is 11.9 Å². The summed E-state index contributed by atoms with van der Waals surface area (Å²) in [5.41, 5.74) is 8.19. The Morgan fingerprint density at radius 1 is 1.48 bits per heavy atom. The van der Waals surface area contributed by atoms with Gasteiger partial charge in [0.1, 0.15) is 11.6 Å². The number of nitrogens with two attached hydrogens (primary N) is 1. The number of hydrogen-bond acceptors (Lipinski definition) is 6. The van der Waals surface area contributed by atoms with Crippen molar-refractivity contribution in [2.75, 3.05) is 7.11 Å². The summed E-state index contributed by atoms with van der Waals surface area (Å²) >= 11 is 0. The zero-order valence-corrected chi connectivity index (χ0v) is 12.4. The highest BCUT2D eigenvalue weighted by atomic mass is 16.5. The molecule has 0 bridgehead atoms. The van der Waals surface area contributed by atoms with E-state index in [-0.39, 0.29) is 23.8 Å². The number of aromatic nitrogens is 2. The SMILES string of the molecule is COC(=O)Cc1[nH]nc2c1C(c1ccccc1)C(C#N)=C(N)O2. The minimum absolute atomic E-state index is 0.00411. The van der Waals surface area contributed by atoms with Gasteiger partial charge in [-0.15, -0.1) is 5.10 Å². The molecule has 0 aliphatic carbocycles. The Labute approximate surface area is 132 Å². The normalized spacial score (nSPS) is 16.3. The van der Waals surface area contributed by atoms with Crippen LogP contribution < -0.4 is 10.5 Å². The van der Waals surface area contributed by atoms with Crippen LogP contribution in [0.5, 0.6) is 5.88 Å². The molecule has 1 unspecified atom stereocenters. The van der Waals surface area contributed by atoms with Crippen molar-refractivity contribution in [1.82, 2.24) is 10.2 Å². The fraction of sp³-hybridized carbons (Fsp3) is 0.188. The largest absolute Gasteiger partial charge is 0.469 e. The molecule has 0 amide bonds. The van der Waals surface area contributed by atoms with Gasteiger partial charge in [0, 0.05) is 0 Å². The number of carbonyl (C=O) groups is 1.